The van der Waals surface area contributed by atoms with E-state index in [2.05, 4.69) is 26.4 Å². The van der Waals surface area contributed by atoms with E-state index in [1.165, 1.54) is 0 Å². The van der Waals surface area contributed by atoms with Crippen LogP contribution in [0.1, 0.15) is 47.5 Å². The van der Waals surface area contributed by atoms with Gasteiger partial charge in [-0.1, -0.05) is 32.9 Å². The number of carbonyl (C=O) groups is 4. The Hall–Kier alpha value is -2.89. The Morgan fingerprint density at radius 3 is 1.92 bits per heavy atom. The first kappa shape index (κ1) is 41.3. The minimum atomic E-state index is -0.878. The first-order valence-corrected chi connectivity index (χ1v) is 16.9. The summed E-state index contributed by atoms with van der Waals surface area (Å²) >= 11 is 0. The van der Waals surface area contributed by atoms with E-state index in [1.54, 1.807) is 7.11 Å². The van der Waals surface area contributed by atoms with Crippen LogP contribution in [0.15, 0.2) is 5.16 Å². The standard InChI is InChI=1S/C32H58N6O10/c1-23(2)17-25(30(32(5)22-47-32)37-48-16-15-46-14-13-45-12-11-43-6)35-28(40)20-34-31(42)26(18-24(3)4)36-27(39)19-33-29(41)21-38-7-9-44-10-8-38/h23-26H,7-22H2,1-6H3,(H,33,41)(H,34,42)(H,35,40)(H,36,39)/b37-30-/t25-,26-,32+/m0/s1. The summed E-state index contributed by atoms with van der Waals surface area (Å²) in [4.78, 5) is 58.6. The van der Waals surface area contributed by atoms with Gasteiger partial charge in [0.1, 0.15) is 24.0 Å². The molecule has 16 nitrogen and oxygen atoms in total. The second-order valence-electron chi connectivity index (χ2n) is 12.9. The van der Waals surface area contributed by atoms with E-state index < -0.39 is 35.4 Å². The fourth-order valence-electron chi connectivity index (χ4n) is 4.85. The molecule has 0 saturated carbocycles. The van der Waals surface area contributed by atoms with Crippen molar-refractivity contribution in [1.82, 2.24) is 26.2 Å². The van der Waals surface area contributed by atoms with E-state index >= 15 is 0 Å². The average molecular weight is 687 g/mol. The smallest absolute Gasteiger partial charge is 0.243 e. The van der Waals surface area contributed by atoms with E-state index in [0.717, 1.165) is 0 Å². The number of rotatable bonds is 25. The van der Waals surface area contributed by atoms with Gasteiger partial charge in [0.05, 0.1) is 78.5 Å². The molecule has 276 valence electrons. The maximum Gasteiger partial charge on any atom is 0.243 e. The van der Waals surface area contributed by atoms with Crippen molar-refractivity contribution in [3.8, 4) is 0 Å². The zero-order valence-corrected chi connectivity index (χ0v) is 29.6. The van der Waals surface area contributed by atoms with E-state index in [9.17, 15) is 19.2 Å². The van der Waals surface area contributed by atoms with Crippen molar-refractivity contribution >= 4 is 29.3 Å². The molecule has 0 unspecified atom stereocenters. The Morgan fingerprint density at radius 1 is 0.792 bits per heavy atom. The summed E-state index contributed by atoms with van der Waals surface area (Å²) in [6.45, 7) is 14.7. The molecule has 2 fully saturated rings. The molecule has 0 bridgehead atoms. The molecular formula is C32H58N6O10. The lowest BCUT2D eigenvalue weighted by molar-refractivity contribution is -0.131. The predicted octanol–water partition coefficient (Wildman–Crippen LogP) is -0.546. The number of hydrogen-bond donors (Lipinski definition) is 4. The zero-order valence-electron chi connectivity index (χ0n) is 29.6. The number of amides is 4. The fourth-order valence-corrected chi connectivity index (χ4v) is 4.85. The van der Waals surface area contributed by atoms with E-state index in [-0.39, 0.29) is 44.0 Å². The molecule has 2 rings (SSSR count). The van der Waals surface area contributed by atoms with Gasteiger partial charge in [0.15, 0.2) is 0 Å². The molecule has 4 amide bonds. The minimum absolute atomic E-state index is 0.0823. The molecule has 0 aromatic heterocycles. The third kappa shape index (κ3) is 17.5. The van der Waals surface area contributed by atoms with Crippen LogP contribution < -0.4 is 21.3 Å². The number of methoxy groups -OCH3 is 1. The highest BCUT2D eigenvalue weighted by Gasteiger charge is 2.49. The zero-order chi connectivity index (χ0) is 35.4. The van der Waals surface area contributed by atoms with Gasteiger partial charge >= 0.3 is 0 Å². The normalized spacial score (nSPS) is 19.5. The van der Waals surface area contributed by atoms with Crippen molar-refractivity contribution in [3.05, 3.63) is 0 Å². The Balaban J connectivity index is 1.87. The Morgan fingerprint density at radius 2 is 1.33 bits per heavy atom. The summed E-state index contributed by atoms with van der Waals surface area (Å²) in [5.41, 5.74) is -0.115. The molecule has 0 aromatic carbocycles. The number of morpholine rings is 1. The van der Waals surface area contributed by atoms with Crippen LogP contribution in [0.3, 0.4) is 0 Å². The third-order valence-electron chi connectivity index (χ3n) is 7.48. The van der Waals surface area contributed by atoms with Gasteiger partial charge in [-0.3, -0.25) is 24.1 Å². The molecule has 0 radical (unpaired) electrons. The monoisotopic (exact) mass is 686 g/mol. The Labute approximate surface area is 284 Å². The van der Waals surface area contributed by atoms with Crippen molar-refractivity contribution in [1.29, 1.82) is 0 Å². The number of carbonyl (C=O) groups excluding carboxylic acids is 4. The quantitative estimate of drug-likeness (QED) is 0.0418. The molecular weight excluding hydrogens is 628 g/mol. The third-order valence-corrected chi connectivity index (χ3v) is 7.48. The molecule has 2 aliphatic heterocycles. The van der Waals surface area contributed by atoms with Gasteiger partial charge in [-0.05, 0) is 31.6 Å². The van der Waals surface area contributed by atoms with Crippen molar-refractivity contribution in [2.24, 2.45) is 17.0 Å². The van der Waals surface area contributed by atoms with Gasteiger partial charge in [0.2, 0.25) is 23.6 Å². The molecule has 4 N–H and O–H groups in total. The van der Waals surface area contributed by atoms with Gasteiger partial charge in [0, 0.05) is 20.2 Å². The second-order valence-corrected chi connectivity index (χ2v) is 12.9. The number of hydrogen-bond acceptors (Lipinski definition) is 12. The highest BCUT2D eigenvalue weighted by Crippen LogP contribution is 2.31. The van der Waals surface area contributed by atoms with Crippen molar-refractivity contribution in [2.75, 3.05) is 99.3 Å². The molecule has 0 aromatic rings. The second kappa shape index (κ2) is 22.7. The van der Waals surface area contributed by atoms with Crippen LogP contribution in [-0.2, 0) is 47.7 Å². The highest BCUT2D eigenvalue weighted by atomic mass is 16.6. The Kier molecular flexibility index (Phi) is 19.5. The van der Waals surface area contributed by atoms with Crippen molar-refractivity contribution < 1.29 is 47.7 Å². The summed E-state index contributed by atoms with van der Waals surface area (Å²) in [5.74, 6) is -1.40. The number of nitrogens with one attached hydrogen (secondary N) is 4. The first-order chi connectivity index (χ1) is 22.9. The van der Waals surface area contributed by atoms with Crippen LogP contribution in [-0.4, -0.2) is 151 Å². The lowest BCUT2D eigenvalue weighted by Gasteiger charge is -2.26. The summed E-state index contributed by atoms with van der Waals surface area (Å²) < 4.78 is 26.7. The van der Waals surface area contributed by atoms with Gasteiger partial charge in [0.25, 0.3) is 0 Å². The summed E-state index contributed by atoms with van der Waals surface area (Å²) in [7, 11) is 1.61. The van der Waals surface area contributed by atoms with Crippen LogP contribution in [0.2, 0.25) is 0 Å². The molecule has 0 aliphatic carbocycles. The van der Waals surface area contributed by atoms with Gasteiger partial charge < -0.3 is 49.8 Å². The SMILES string of the molecule is COCCOCCOCCO/N=C(/[C@H](CC(C)C)NC(=O)CNC(=O)[C@H](CC(C)C)NC(=O)CNC(=O)CN1CCOCC1)[C@@]1(C)CO1. The number of oxime groups is 1. The first-order valence-electron chi connectivity index (χ1n) is 16.9. The lowest BCUT2D eigenvalue weighted by atomic mass is 9.92. The van der Waals surface area contributed by atoms with Crippen molar-refractivity contribution in [2.45, 2.75) is 65.1 Å². The van der Waals surface area contributed by atoms with Crippen molar-refractivity contribution in [3.63, 3.8) is 0 Å². The molecule has 2 heterocycles. The molecule has 0 spiro atoms. The van der Waals surface area contributed by atoms with Crippen LogP contribution in [0, 0.1) is 11.8 Å². The van der Waals surface area contributed by atoms with Gasteiger partial charge in [-0.2, -0.15) is 0 Å². The molecule has 2 saturated heterocycles. The fraction of sp³-hybridized carbons (Fsp3) is 0.844. The lowest BCUT2D eigenvalue weighted by Crippen LogP contribution is -2.53. The average Bonchev–Trinajstić information content (AvgIpc) is 3.78. The molecule has 3 atom stereocenters. The van der Waals surface area contributed by atoms with Gasteiger partial charge in [-0.25, -0.2) is 0 Å². The largest absolute Gasteiger partial charge is 0.393 e. The topological polar surface area (TPSA) is 191 Å². The van der Waals surface area contributed by atoms with Crippen LogP contribution in [0.5, 0.6) is 0 Å². The van der Waals surface area contributed by atoms with Gasteiger partial charge in [-0.15, -0.1) is 0 Å². The number of nitrogens with zero attached hydrogens (tertiary/aromatic N) is 2. The predicted molar refractivity (Wildman–Crippen MR) is 177 cm³/mol. The summed E-state index contributed by atoms with van der Waals surface area (Å²) in [6, 6.07) is -1.37. The van der Waals surface area contributed by atoms with E-state index in [0.29, 0.717) is 84.5 Å². The van der Waals surface area contributed by atoms with E-state index in [4.69, 9.17) is 28.5 Å². The van der Waals surface area contributed by atoms with Crippen LogP contribution >= 0.6 is 0 Å². The molecule has 2 aliphatic rings. The number of epoxide rings is 1. The molecule has 16 heteroatoms. The van der Waals surface area contributed by atoms with E-state index in [1.807, 2.05) is 39.5 Å². The number of ether oxygens (including phenoxy) is 5. The van der Waals surface area contributed by atoms with Crippen LogP contribution in [0.25, 0.3) is 0 Å². The molecule has 48 heavy (non-hydrogen) atoms. The van der Waals surface area contributed by atoms with Crippen LogP contribution in [0.4, 0.5) is 0 Å². The summed E-state index contributed by atoms with van der Waals surface area (Å²) in [5, 5.41) is 15.3. The Bertz CT molecular complexity index is 1020. The summed E-state index contributed by atoms with van der Waals surface area (Å²) in [6.07, 6.45) is 0.921. The highest BCUT2D eigenvalue weighted by molar-refractivity contribution is 6.01. The maximum absolute atomic E-state index is 13.1. The minimum Gasteiger partial charge on any atom is -0.393 e. The maximum atomic E-state index is 13.1.